The maximum Gasteiger partial charge on any atom is 0.261 e. The van der Waals surface area contributed by atoms with E-state index in [2.05, 4.69) is 0 Å². The van der Waals surface area contributed by atoms with Crippen molar-refractivity contribution in [3.05, 3.63) is 58.7 Å². The summed E-state index contributed by atoms with van der Waals surface area (Å²) in [6, 6.07) is 10.6. The molecule has 3 rings (SSSR count). The molecule has 2 aromatic carbocycles. The third-order valence-electron chi connectivity index (χ3n) is 4.97. The number of hydrogen-bond acceptors (Lipinski definition) is 5. The van der Waals surface area contributed by atoms with Crippen molar-refractivity contribution in [3.8, 4) is 11.5 Å². The van der Waals surface area contributed by atoms with Gasteiger partial charge < -0.3 is 14.4 Å². The molecule has 1 aliphatic rings. The fraction of sp³-hybridized carbons (Fsp3) is 0.318. The molecule has 0 saturated carbocycles. The first kappa shape index (κ1) is 20.4. The molecule has 0 bridgehead atoms. The van der Waals surface area contributed by atoms with Crippen molar-refractivity contribution < 1.29 is 23.9 Å². The highest BCUT2D eigenvalue weighted by molar-refractivity contribution is 6.21. The van der Waals surface area contributed by atoms with E-state index in [0.717, 1.165) is 16.0 Å². The largest absolute Gasteiger partial charge is 0.493 e. The Hall–Kier alpha value is -3.35. The number of nitrogens with zero attached hydrogens (tertiary/aromatic N) is 2. The van der Waals surface area contributed by atoms with Gasteiger partial charge in [0.05, 0.1) is 25.3 Å². The zero-order valence-corrected chi connectivity index (χ0v) is 17.0. The monoisotopic (exact) mass is 396 g/mol. The molecule has 7 nitrogen and oxygen atoms in total. The van der Waals surface area contributed by atoms with Gasteiger partial charge in [-0.05, 0) is 36.8 Å². The molecule has 2 aromatic rings. The average Bonchev–Trinajstić information content (AvgIpc) is 2.95. The maximum absolute atomic E-state index is 12.5. The van der Waals surface area contributed by atoms with Crippen molar-refractivity contribution in [2.24, 2.45) is 0 Å². The summed E-state index contributed by atoms with van der Waals surface area (Å²) in [7, 11) is 4.80. The number of imide groups is 1. The Kier molecular flexibility index (Phi) is 5.87. The van der Waals surface area contributed by atoms with Gasteiger partial charge in [-0.25, -0.2) is 0 Å². The number of benzene rings is 2. The van der Waals surface area contributed by atoms with Crippen molar-refractivity contribution in [1.82, 2.24) is 9.80 Å². The number of ether oxygens (including phenoxy) is 2. The summed E-state index contributed by atoms with van der Waals surface area (Å²) in [6.45, 7) is 2.30. The molecule has 7 heteroatoms. The van der Waals surface area contributed by atoms with E-state index in [9.17, 15) is 14.4 Å². The standard InChI is InChI=1S/C22H24N2O5/c1-14-5-7-16-17(11-14)22(27)24(21(16)26)10-9-20(25)23(2)13-15-6-8-18(28-3)19(12-15)29-4/h5-8,11-12H,9-10,13H2,1-4H3. The Morgan fingerprint density at radius 1 is 0.966 bits per heavy atom. The van der Waals surface area contributed by atoms with Crippen LogP contribution in [0.25, 0.3) is 0 Å². The number of methoxy groups -OCH3 is 2. The third-order valence-corrected chi connectivity index (χ3v) is 4.97. The SMILES string of the molecule is COc1ccc(CN(C)C(=O)CCN2C(=O)c3ccc(C)cc3C2=O)cc1OC. The van der Waals surface area contributed by atoms with Crippen molar-refractivity contribution in [3.63, 3.8) is 0 Å². The summed E-state index contributed by atoms with van der Waals surface area (Å²) in [4.78, 5) is 40.2. The van der Waals surface area contributed by atoms with Crippen molar-refractivity contribution in [2.75, 3.05) is 27.8 Å². The van der Waals surface area contributed by atoms with Crippen LogP contribution in [0.1, 0.15) is 38.3 Å². The topological polar surface area (TPSA) is 76.2 Å². The van der Waals surface area contributed by atoms with Crippen LogP contribution in [0.4, 0.5) is 0 Å². The number of aryl methyl sites for hydroxylation is 1. The number of hydrogen-bond donors (Lipinski definition) is 0. The van der Waals surface area contributed by atoms with Crippen LogP contribution < -0.4 is 9.47 Å². The summed E-state index contributed by atoms with van der Waals surface area (Å²) in [5, 5.41) is 0. The lowest BCUT2D eigenvalue weighted by Gasteiger charge is -2.20. The molecule has 29 heavy (non-hydrogen) atoms. The van der Waals surface area contributed by atoms with Gasteiger partial charge in [-0.3, -0.25) is 19.3 Å². The molecule has 0 radical (unpaired) electrons. The molecule has 152 valence electrons. The van der Waals surface area contributed by atoms with Crippen LogP contribution in [0.15, 0.2) is 36.4 Å². The number of carbonyl (C=O) groups is 3. The van der Waals surface area contributed by atoms with E-state index in [1.54, 1.807) is 50.4 Å². The molecule has 3 amide bonds. The summed E-state index contributed by atoms with van der Waals surface area (Å²) in [6.07, 6.45) is 0.0637. The fourth-order valence-electron chi connectivity index (χ4n) is 3.35. The van der Waals surface area contributed by atoms with Gasteiger partial charge in [-0.2, -0.15) is 0 Å². The minimum atomic E-state index is -0.347. The number of fused-ring (bicyclic) bond motifs is 1. The van der Waals surface area contributed by atoms with Crippen LogP contribution in [-0.2, 0) is 11.3 Å². The second-order valence-electron chi connectivity index (χ2n) is 7.00. The Labute approximate surface area is 169 Å². The highest BCUT2D eigenvalue weighted by Gasteiger charge is 2.35. The lowest BCUT2D eigenvalue weighted by molar-refractivity contribution is -0.130. The maximum atomic E-state index is 12.5. The van der Waals surface area contributed by atoms with E-state index in [1.807, 2.05) is 19.1 Å². The molecule has 0 atom stereocenters. The minimum Gasteiger partial charge on any atom is -0.493 e. The Morgan fingerprint density at radius 2 is 1.66 bits per heavy atom. The van der Waals surface area contributed by atoms with Crippen LogP contribution in [0.3, 0.4) is 0 Å². The Bertz CT molecular complexity index is 970. The number of carbonyl (C=O) groups excluding carboxylic acids is 3. The average molecular weight is 396 g/mol. The van der Waals surface area contributed by atoms with E-state index in [0.29, 0.717) is 29.2 Å². The highest BCUT2D eigenvalue weighted by atomic mass is 16.5. The molecule has 1 aliphatic heterocycles. The molecular formula is C22H24N2O5. The smallest absolute Gasteiger partial charge is 0.261 e. The predicted molar refractivity (Wildman–Crippen MR) is 107 cm³/mol. The van der Waals surface area contributed by atoms with Crippen molar-refractivity contribution in [1.29, 1.82) is 0 Å². The second-order valence-corrected chi connectivity index (χ2v) is 7.00. The number of amides is 3. The molecular weight excluding hydrogens is 372 g/mol. The Balaban J connectivity index is 1.61. The van der Waals surface area contributed by atoms with Gasteiger partial charge in [0, 0.05) is 26.6 Å². The van der Waals surface area contributed by atoms with E-state index in [-0.39, 0.29) is 30.7 Å². The number of rotatable bonds is 7. The molecule has 0 N–H and O–H groups in total. The minimum absolute atomic E-state index is 0.0561. The predicted octanol–water partition coefficient (Wildman–Crippen LogP) is 2.66. The zero-order chi connectivity index (χ0) is 21.1. The van der Waals surface area contributed by atoms with Crippen molar-refractivity contribution in [2.45, 2.75) is 19.9 Å². The molecule has 0 aromatic heterocycles. The summed E-state index contributed by atoms with van der Waals surface area (Å²) < 4.78 is 10.5. The summed E-state index contributed by atoms with van der Waals surface area (Å²) in [5.74, 6) is 0.357. The normalized spacial score (nSPS) is 12.8. The molecule has 0 fully saturated rings. The molecule has 1 heterocycles. The lowest BCUT2D eigenvalue weighted by atomic mass is 10.1. The van der Waals surface area contributed by atoms with Gasteiger partial charge in [-0.15, -0.1) is 0 Å². The summed E-state index contributed by atoms with van der Waals surface area (Å²) in [5.41, 5.74) is 2.60. The first-order valence-corrected chi connectivity index (χ1v) is 9.27. The first-order valence-electron chi connectivity index (χ1n) is 9.27. The van der Waals surface area contributed by atoms with Gasteiger partial charge in [0.1, 0.15) is 0 Å². The molecule has 0 spiro atoms. The fourth-order valence-corrected chi connectivity index (χ4v) is 3.35. The van der Waals surface area contributed by atoms with Crippen LogP contribution in [0, 0.1) is 6.92 Å². The van der Waals surface area contributed by atoms with Gasteiger partial charge in [0.2, 0.25) is 5.91 Å². The quantitative estimate of drug-likeness (QED) is 0.673. The van der Waals surface area contributed by atoms with Crippen LogP contribution in [-0.4, -0.2) is 55.3 Å². The zero-order valence-electron chi connectivity index (χ0n) is 17.0. The molecule has 0 aliphatic carbocycles. The third kappa shape index (κ3) is 4.08. The van der Waals surface area contributed by atoms with Gasteiger partial charge in [0.15, 0.2) is 11.5 Å². The van der Waals surface area contributed by atoms with Gasteiger partial charge >= 0.3 is 0 Å². The van der Waals surface area contributed by atoms with Crippen molar-refractivity contribution >= 4 is 17.7 Å². The van der Waals surface area contributed by atoms with Crippen LogP contribution in [0.5, 0.6) is 11.5 Å². The van der Waals surface area contributed by atoms with Crippen LogP contribution >= 0.6 is 0 Å². The molecule has 0 saturated heterocycles. The molecule has 0 unspecified atom stereocenters. The van der Waals surface area contributed by atoms with E-state index in [4.69, 9.17) is 9.47 Å². The van der Waals surface area contributed by atoms with E-state index < -0.39 is 0 Å². The first-order chi connectivity index (χ1) is 13.8. The lowest BCUT2D eigenvalue weighted by Crippen LogP contribution is -2.35. The Morgan fingerprint density at radius 3 is 2.34 bits per heavy atom. The summed E-state index contributed by atoms with van der Waals surface area (Å²) >= 11 is 0. The van der Waals surface area contributed by atoms with E-state index in [1.165, 1.54) is 0 Å². The highest BCUT2D eigenvalue weighted by Crippen LogP contribution is 2.28. The van der Waals surface area contributed by atoms with Gasteiger partial charge in [-0.1, -0.05) is 17.7 Å². The second kappa shape index (κ2) is 8.34. The van der Waals surface area contributed by atoms with Crippen LogP contribution in [0.2, 0.25) is 0 Å². The van der Waals surface area contributed by atoms with E-state index >= 15 is 0 Å². The van der Waals surface area contributed by atoms with Gasteiger partial charge in [0.25, 0.3) is 11.8 Å².